The minimum atomic E-state index is -0.851. The summed E-state index contributed by atoms with van der Waals surface area (Å²) < 4.78 is 0.675. The fourth-order valence-corrected chi connectivity index (χ4v) is 5.81. The van der Waals surface area contributed by atoms with E-state index >= 15 is 0 Å². The molecule has 8 heteroatoms. The Morgan fingerprint density at radius 3 is 2.89 bits per heavy atom. The van der Waals surface area contributed by atoms with Gasteiger partial charge in [-0.1, -0.05) is 35.9 Å². The zero-order valence-corrected chi connectivity index (χ0v) is 16.8. The molecule has 3 atom stereocenters. The number of carboxylic acid groups (broad SMARTS) is 1. The summed E-state index contributed by atoms with van der Waals surface area (Å²) in [4.78, 5) is 28.1. The average molecular weight is 421 g/mol. The lowest BCUT2D eigenvalue weighted by Crippen LogP contribution is -2.37. The van der Waals surface area contributed by atoms with Crippen molar-refractivity contribution in [3.8, 4) is 0 Å². The third-order valence-electron chi connectivity index (χ3n) is 4.71. The molecule has 27 heavy (non-hydrogen) atoms. The van der Waals surface area contributed by atoms with Crippen molar-refractivity contribution in [2.75, 3.05) is 0 Å². The third kappa shape index (κ3) is 3.59. The van der Waals surface area contributed by atoms with Gasteiger partial charge < -0.3 is 15.4 Å². The molecule has 1 aliphatic carbocycles. The zero-order chi connectivity index (χ0) is 19.1. The second kappa shape index (κ2) is 7.22. The Labute approximate surface area is 169 Å². The van der Waals surface area contributed by atoms with E-state index in [4.69, 9.17) is 11.6 Å². The SMILES string of the molecule is CC(S[C@@H]1c2ccccc2C[C@H]1NC(=O)c1cc2cc(Cl)sc2[nH]1)C(=O)O. The summed E-state index contributed by atoms with van der Waals surface area (Å²) in [7, 11) is 0. The highest BCUT2D eigenvalue weighted by atomic mass is 35.5. The van der Waals surface area contributed by atoms with Crippen molar-refractivity contribution in [2.45, 2.75) is 29.9 Å². The molecule has 2 aromatic heterocycles. The van der Waals surface area contributed by atoms with Crippen LogP contribution in [-0.2, 0) is 11.2 Å². The van der Waals surface area contributed by atoms with Crippen LogP contribution in [0.15, 0.2) is 36.4 Å². The monoisotopic (exact) mass is 420 g/mol. The van der Waals surface area contributed by atoms with E-state index in [1.807, 2.05) is 30.3 Å². The van der Waals surface area contributed by atoms with Gasteiger partial charge in [-0.25, -0.2) is 0 Å². The van der Waals surface area contributed by atoms with E-state index < -0.39 is 11.2 Å². The number of carboxylic acids is 1. The molecule has 2 heterocycles. The number of aliphatic carboxylic acids is 1. The van der Waals surface area contributed by atoms with Crippen LogP contribution in [0.2, 0.25) is 4.34 Å². The predicted octanol–water partition coefficient (Wildman–Crippen LogP) is 4.48. The van der Waals surface area contributed by atoms with E-state index in [0.717, 1.165) is 21.3 Å². The molecule has 4 rings (SSSR count). The number of aromatic amines is 1. The van der Waals surface area contributed by atoms with Gasteiger partial charge in [0.1, 0.15) is 15.8 Å². The van der Waals surface area contributed by atoms with Crippen LogP contribution in [0, 0.1) is 0 Å². The van der Waals surface area contributed by atoms with Gasteiger partial charge in [0, 0.05) is 11.4 Å². The molecule has 0 radical (unpaired) electrons. The Hall–Kier alpha value is -1.96. The second-order valence-corrected chi connectivity index (χ2v) is 9.71. The van der Waals surface area contributed by atoms with Gasteiger partial charge in [-0.05, 0) is 36.6 Å². The van der Waals surface area contributed by atoms with Crippen LogP contribution in [0.1, 0.15) is 33.8 Å². The van der Waals surface area contributed by atoms with E-state index in [2.05, 4.69) is 10.3 Å². The highest BCUT2D eigenvalue weighted by Crippen LogP contribution is 2.43. The quantitative estimate of drug-likeness (QED) is 0.568. The lowest BCUT2D eigenvalue weighted by molar-refractivity contribution is -0.136. The number of rotatable bonds is 5. The Bertz CT molecular complexity index is 998. The number of amides is 1. The summed E-state index contributed by atoms with van der Waals surface area (Å²) in [5.41, 5.74) is 2.73. The zero-order valence-electron chi connectivity index (χ0n) is 14.4. The molecule has 3 aromatic rings. The second-order valence-electron chi connectivity index (χ2n) is 6.54. The van der Waals surface area contributed by atoms with Gasteiger partial charge in [0.25, 0.3) is 5.91 Å². The number of thioether (sulfide) groups is 1. The molecule has 0 saturated heterocycles. The Balaban J connectivity index is 1.56. The molecule has 0 spiro atoms. The first-order valence-corrected chi connectivity index (χ1v) is 10.6. The van der Waals surface area contributed by atoms with Crippen LogP contribution < -0.4 is 5.32 Å². The lowest BCUT2D eigenvalue weighted by atomic mass is 10.1. The smallest absolute Gasteiger partial charge is 0.316 e. The van der Waals surface area contributed by atoms with E-state index in [-0.39, 0.29) is 17.2 Å². The topological polar surface area (TPSA) is 82.2 Å². The first kappa shape index (κ1) is 18.4. The molecule has 1 aliphatic rings. The van der Waals surface area contributed by atoms with Gasteiger partial charge >= 0.3 is 5.97 Å². The molecule has 0 fully saturated rings. The van der Waals surface area contributed by atoms with Crippen LogP contribution in [-0.4, -0.2) is 33.3 Å². The molecule has 1 unspecified atom stereocenters. The van der Waals surface area contributed by atoms with Crippen molar-refractivity contribution >= 4 is 56.8 Å². The molecule has 3 N–H and O–H groups in total. The van der Waals surface area contributed by atoms with Gasteiger partial charge in [-0.15, -0.1) is 23.1 Å². The number of nitrogens with one attached hydrogen (secondary N) is 2. The number of thiophene rings is 1. The summed E-state index contributed by atoms with van der Waals surface area (Å²) in [6, 6.07) is 11.4. The van der Waals surface area contributed by atoms with Gasteiger partial charge in [-0.3, -0.25) is 9.59 Å². The van der Waals surface area contributed by atoms with Crippen LogP contribution >= 0.6 is 34.7 Å². The van der Waals surface area contributed by atoms with Crippen molar-refractivity contribution in [1.29, 1.82) is 0 Å². The third-order valence-corrected chi connectivity index (χ3v) is 7.39. The van der Waals surface area contributed by atoms with Gasteiger partial charge in [0.15, 0.2) is 0 Å². The standard InChI is InChI=1S/C19H17ClN2O3S2/c1-9(19(24)25)26-16-12-5-3-2-4-10(12)6-13(16)21-17(23)14-7-11-8-15(20)27-18(11)22-14/h2-5,7-9,13,16,22H,6H2,1H3,(H,21,23)(H,24,25)/t9?,13-,16-/m1/s1. The molecule has 1 aromatic carbocycles. The summed E-state index contributed by atoms with van der Waals surface area (Å²) in [5, 5.41) is 12.6. The number of H-pyrrole nitrogens is 1. The number of benzene rings is 1. The largest absolute Gasteiger partial charge is 0.480 e. The van der Waals surface area contributed by atoms with Crippen molar-refractivity contribution < 1.29 is 14.7 Å². The number of carbonyl (C=O) groups is 2. The molecule has 1 amide bonds. The highest BCUT2D eigenvalue weighted by Gasteiger charge is 2.36. The Morgan fingerprint density at radius 1 is 1.37 bits per heavy atom. The van der Waals surface area contributed by atoms with Gasteiger partial charge in [0.05, 0.1) is 9.59 Å². The molecule has 140 valence electrons. The van der Waals surface area contributed by atoms with E-state index in [0.29, 0.717) is 16.5 Å². The van der Waals surface area contributed by atoms with Crippen LogP contribution in [0.25, 0.3) is 10.2 Å². The molecule has 5 nitrogen and oxygen atoms in total. The molecular formula is C19H17ClN2O3S2. The van der Waals surface area contributed by atoms with Crippen molar-refractivity contribution in [3.63, 3.8) is 0 Å². The minimum absolute atomic E-state index is 0.0956. The maximum absolute atomic E-state index is 12.8. The van der Waals surface area contributed by atoms with Crippen molar-refractivity contribution in [2.24, 2.45) is 0 Å². The molecule has 0 aliphatic heterocycles. The summed E-state index contributed by atoms with van der Waals surface area (Å²) in [6.45, 7) is 1.68. The molecular weight excluding hydrogens is 404 g/mol. The van der Waals surface area contributed by atoms with Crippen LogP contribution in [0.4, 0.5) is 0 Å². The summed E-state index contributed by atoms with van der Waals surface area (Å²) in [5.74, 6) is -1.04. The normalized spacial score (nSPS) is 19.8. The summed E-state index contributed by atoms with van der Waals surface area (Å²) in [6.07, 6.45) is 0.687. The van der Waals surface area contributed by atoms with Gasteiger partial charge in [0.2, 0.25) is 0 Å². The molecule has 0 bridgehead atoms. The number of hydrogen-bond acceptors (Lipinski definition) is 4. The fraction of sp³-hybridized carbons (Fsp3) is 0.263. The number of aromatic nitrogens is 1. The van der Waals surface area contributed by atoms with Crippen molar-refractivity contribution in [3.05, 3.63) is 57.6 Å². The first-order valence-electron chi connectivity index (χ1n) is 8.47. The maximum atomic E-state index is 12.8. The maximum Gasteiger partial charge on any atom is 0.316 e. The van der Waals surface area contributed by atoms with Gasteiger partial charge in [-0.2, -0.15) is 0 Å². The van der Waals surface area contributed by atoms with Crippen molar-refractivity contribution in [1.82, 2.24) is 10.3 Å². The minimum Gasteiger partial charge on any atom is -0.480 e. The van der Waals surface area contributed by atoms with E-state index in [9.17, 15) is 14.7 Å². The first-order chi connectivity index (χ1) is 12.9. The lowest BCUT2D eigenvalue weighted by Gasteiger charge is -2.23. The number of fused-ring (bicyclic) bond motifs is 2. The molecule has 0 saturated carbocycles. The Kier molecular flexibility index (Phi) is 4.92. The highest BCUT2D eigenvalue weighted by molar-refractivity contribution is 8.00. The average Bonchev–Trinajstić information content (AvgIpc) is 3.26. The fourth-order valence-electron chi connectivity index (χ4n) is 3.39. The predicted molar refractivity (Wildman–Crippen MR) is 110 cm³/mol. The Morgan fingerprint density at radius 2 is 2.15 bits per heavy atom. The number of halogens is 1. The number of carbonyl (C=O) groups excluding carboxylic acids is 1. The van der Waals surface area contributed by atoms with Crippen LogP contribution in [0.5, 0.6) is 0 Å². The van der Waals surface area contributed by atoms with E-state index in [1.165, 1.54) is 23.1 Å². The van der Waals surface area contributed by atoms with Crippen LogP contribution in [0.3, 0.4) is 0 Å². The van der Waals surface area contributed by atoms with E-state index in [1.54, 1.807) is 13.0 Å². The summed E-state index contributed by atoms with van der Waals surface area (Å²) >= 11 is 8.75. The number of hydrogen-bond donors (Lipinski definition) is 3.